The van der Waals surface area contributed by atoms with Crippen molar-refractivity contribution < 1.29 is 14.0 Å². The minimum Gasteiger partial charge on any atom is -0.326 e. The summed E-state index contributed by atoms with van der Waals surface area (Å²) in [6, 6.07) is 10.4. The maximum Gasteiger partial charge on any atom is 0.258 e. The molecule has 0 aromatic heterocycles. The summed E-state index contributed by atoms with van der Waals surface area (Å²) in [5.41, 5.74) is 0.292. The van der Waals surface area contributed by atoms with E-state index in [2.05, 4.69) is 10.6 Å². The highest BCUT2D eigenvalue weighted by atomic mass is 35.5. The third kappa shape index (κ3) is 4.55. The van der Waals surface area contributed by atoms with Crippen molar-refractivity contribution in [2.24, 2.45) is 5.41 Å². The SMILES string of the molecule is CC(C)(C)C(=O)Nc1cccc(NC(=O)c2cc(Cl)ccc2F)c1. The quantitative estimate of drug-likeness (QED) is 0.843. The van der Waals surface area contributed by atoms with Crippen LogP contribution in [-0.2, 0) is 4.79 Å². The standard InChI is InChI=1S/C18H18ClFN2O2/c1-18(2,3)17(24)22-13-6-4-5-12(10-13)21-16(23)14-9-11(19)7-8-15(14)20/h4-10H,1-3H3,(H,21,23)(H,22,24). The Bertz CT molecular complexity index is 785. The van der Waals surface area contributed by atoms with Gasteiger partial charge in [-0.2, -0.15) is 0 Å². The van der Waals surface area contributed by atoms with Crippen LogP contribution in [0.15, 0.2) is 42.5 Å². The Kier molecular flexibility index (Phi) is 5.24. The van der Waals surface area contributed by atoms with E-state index in [-0.39, 0.29) is 16.5 Å². The summed E-state index contributed by atoms with van der Waals surface area (Å²) in [4.78, 5) is 24.2. The maximum atomic E-state index is 13.7. The molecule has 2 N–H and O–H groups in total. The third-order valence-electron chi connectivity index (χ3n) is 3.23. The Labute approximate surface area is 145 Å². The molecule has 2 aromatic rings. The van der Waals surface area contributed by atoms with Crippen LogP contribution in [0.5, 0.6) is 0 Å². The maximum absolute atomic E-state index is 13.7. The molecule has 0 aliphatic carbocycles. The van der Waals surface area contributed by atoms with Crippen molar-refractivity contribution in [3.63, 3.8) is 0 Å². The second-order valence-electron chi connectivity index (χ2n) is 6.36. The molecule has 0 fully saturated rings. The molecule has 0 aliphatic rings. The minimum atomic E-state index is -0.658. The summed E-state index contributed by atoms with van der Waals surface area (Å²) >= 11 is 5.79. The van der Waals surface area contributed by atoms with Crippen LogP contribution in [0, 0.1) is 11.2 Å². The number of carbonyl (C=O) groups is 2. The Hall–Kier alpha value is -2.40. The molecule has 6 heteroatoms. The molecular weight excluding hydrogens is 331 g/mol. The van der Waals surface area contributed by atoms with Crippen LogP contribution < -0.4 is 10.6 Å². The van der Waals surface area contributed by atoms with E-state index in [9.17, 15) is 14.0 Å². The van der Waals surface area contributed by atoms with Crippen molar-refractivity contribution in [2.75, 3.05) is 10.6 Å². The van der Waals surface area contributed by atoms with Gasteiger partial charge in [-0.3, -0.25) is 9.59 Å². The average molecular weight is 349 g/mol. The molecule has 24 heavy (non-hydrogen) atoms. The number of halogens is 2. The van der Waals surface area contributed by atoms with Gasteiger partial charge in [-0.15, -0.1) is 0 Å². The van der Waals surface area contributed by atoms with Gasteiger partial charge >= 0.3 is 0 Å². The fourth-order valence-electron chi connectivity index (χ4n) is 1.86. The number of hydrogen-bond acceptors (Lipinski definition) is 2. The first kappa shape index (κ1) is 17.9. The molecule has 0 saturated heterocycles. The lowest BCUT2D eigenvalue weighted by Crippen LogP contribution is -2.27. The van der Waals surface area contributed by atoms with E-state index in [0.717, 1.165) is 6.07 Å². The smallest absolute Gasteiger partial charge is 0.258 e. The number of rotatable bonds is 3. The Morgan fingerprint density at radius 2 is 1.62 bits per heavy atom. The van der Waals surface area contributed by atoms with Crippen LogP contribution >= 0.6 is 11.6 Å². The summed E-state index contributed by atoms with van der Waals surface area (Å²) in [6.07, 6.45) is 0. The molecule has 0 bridgehead atoms. The summed E-state index contributed by atoms with van der Waals surface area (Å²) in [5, 5.41) is 5.63. The highest BCUT2D eigenvalue weighted by molar-refractivity contribution is 6.31. The minimum absolute atomic E-state index is 0.146. The molecule has 126 valence electrons. The second kappa shape index (κ2) is 7.01. The van der Waals surface area contributed by atoms with E-state index in [0.29, 0.717) is 11.4 Å². The van der Waals surface area contributed by atoms with Crippen LogP contribution in [0.2, 0.25) is 5.02 Å². The van der Waals surface area contributed by atoms with E-state index in [1.807, 2.05) is 0 Å². The lowest BCUT2D eigenvalue weighted by molar-refractivity contribution is -0.123. The topological polar surface area (TPSA) is 58.2 Å². The van der Waals surface area contributed by atoms with Crippen LogP contribution in [0.25, 0.3) is 0 Å². The first-order valence-corrected chi connectivity index (χ1v) is 7.72. The molecule has 0 spiro atoms. The van der Waals surface area contributed by atoms with Gasteiger partial charge in [0, 0.05) is 21.8 Å². The average Bonchev–Trinajstić information content (AvgIpc) is 2.49. The lowest BCUT2D eigenvalue weighted by Gasteiger charge is -2.18. The van der Waals surface area contributed by atoms with E-state index >= 15 is 0 Å². The number of benzene rings is 2. The summed E-state index contributed by atoms with van der Waals surface area (Å²) in [5.74, 6) is -1.42. The molecule has 0 heterocycles. The monoisotopic (exact) mass is 348 g/mol. The molecular formula is C18H18ClFN2O2. The van der Waals surface area contributed by atoms with Gasteiger partial charge in [-0.05, 0) is 36.4 Å². The van der Waals surface area contributed by atoms with Crippen molar-refractivity contribution in [3.05, 3.63) is 58.9 Å². The largest absolute Gasteiger partial charge is 0.326 e. The molecule has 2 amide bonds. The molecule has 2 rings (SSSR count). The normalized spacial score (nSPS) is 11.0. The number of nitrogens with one attached hydrogen (secondary N) is 2. The van der Waals surface area contributed by atoms with E-state index in [1.165, 1.54) is 12.1 Å². The van der Waals surface area contributed by atoms with E-state index in [4.69, 9.17) is 11.6 Å². The predicted octanol–water partition coefficient (Wildman–Crippen LogP) is 4.72. The molecule has 2 aromatic carbocycles. The van der Waals surface area contributed by atoms with Gasteiger partial charge in [-0.25, -0.2) is 4.39 Å². The zero-order valence-corrected chi connectivity index (χ0v) is 14.4. The molecule has 0 atom stereocenters. The zero-order valence-electron chi connectivity index (χ0n) is 13.6. The van der Waals surface area contributed by atoms with Crippen molar-refractivity contribution in [1.29, 1.82) is 0 Å². The second-order valence-corrected chi connectivity index (χ2v) is 6.80. The number of carbonyl (C=O) groups excluding carboxylic acids is 2. The molecule has 0 radical (unpaired) electrons. The first-order chi connectivity index (χ1) is 11.2. The Balaban J connectivity index is 2.16. The van der Waals surface area contributed by atoms with Gasteiger partial charge in [0.2, 0.25) is 5.91 Å². The number of amides is 2. The van der Waals surface area contributed by atoms with Gasteiger partial charge in [0.1, 0.15) is 5.82 Å². The molecule has 0 saturated carbocycles. The highest BCUT2D eigenvalue weighted by Crippen LogP contribution is 2.21. The van der Waals surface area contributed by atoms with E-state index < -0.39 is 17.1 Å². The number of anilines is 2. The Morgan fingerprint density at radius 1 is 1.00 bits per heavy atom. The summed E-state index contributed by atoms with van der Waals surface area (Å²) < 4.78 is 13.7. The van der Waals surface area contributed by atoms with Crippen LogP contribution in [0.3, 0.4) is 0 Å². The van der Waals surface area contributed by atoms with Gasteiger partial charge in [0.25, 0.3) is 5.91 Å². The van der Waals surface area contributed by atoms with E-state index in [1.54, 1.807) is 45.0 Å². The summed E-state index contributed by atoms with van der Waals surface area (Å²) in [6.45, 7) is 5.40. The summed E-state index contributed by atoms with van der Waals surface area (Å²) in [7, 11) is 0. The predicted molar refractivity (Wildman–Crippen MR) is 93.9 cm³/mol. The fraction of sp³-hybridized carbons (Fsp3) is 0.222. The van der Waals surface area contributed by atoms with Gasteiger partial charge in [0.15, 0.2) is 0 Å². The van der Waals surface area contributed by atoms with Crippen LogP contribution in [0.1, 0.15) is 31.1 Å². The molecule has 0 unspecified atom stereocenters. The highest BCUT2D eigenvalue weighted by Gasteiger charge is 2.21. The lowest BCUT2D eigenvalue weighted by atomic mass is 9.95. The molecule has 4 nitrogen and oxygen atoms in total. The third-order valence-corrected chi connectivity index (χ3v) is 3.47. The zero-order chi connectivity index (χ0) is 17.9. The fourth-order valence-corrected chi connectivity index (χ4v) is 2.04. The Morgan fingerprint density at radius 3 is 2.25 bits per heavy atom. The van der Waals surface area contributed by atoms with Gasteiger partial charge in [0.05, 0.1) is 5.56 Å². The van der Waals surface area contributed by atoms with Gasteiger partial charge < -0.3 is 10.6 Å². The van der Waals surface area contributed by atoms with Crippen LogP contribution in [-0.4, -0.2) is 11.8 Å². The first-order valence-electron chi connectivity index (χ1n) is 7.35. The molecule has 0 aliphatic heterocycles. The van der Waals surface area contributed by atoms with Gasteiger partial charge in [-0.1, -0.05) is 38.4 Å². The van der Waals surface area contributed by atoms with Crippen molar-refractivity contribution >= 4 is 34.8 Å². The van der Waals surface area contributed by atoms with Crippen molar-refractivity contribution in [3.8, 4) is 0 Å². The van der Waals surface area contributed by atoms with Crippen LogP contribution in [0.4, 0.5) is 15.8 Å². The number of hydrogen-bond donors (Lipinski definition) is 2. The van der Waals surface area contributed by atoms with Crippen molar-refractivity contribution in [2.45, 2.75) is 20.8 Å². The van der Waals surface area contributed by atoms with Crippen molar-refractivity contribution in [1.82, 2.24) is 0 Å².